The van der Waals surface area contributed by atoms with E-state index in [1.807, 2.05) is 30.3 Å². The van der Waals surface area contributed by atoms with Crippen LogP contribution in [0, 0.1) is 0 Å². The Balaban J connectivity index is 2.60. The lowest BCUT2D eigenvalue weighted by atomic mass is 10.1. The second-order valence-electron chi connectivity index (χ2n) is 4.25. The summed E-state index contributed by atoms with van der Waals surface area (Å²) in [4.78, 5) is 15.4. The van der Waals surface area contributed by atoms with Gasteiger partial charge in [0.05, 0.1) is 5.69 Å². The van der Waals surface area contributed by atoms with Crippen molar-refractivity contribution in [1.82, 2.24) is 0 Å². The molecule has 0 fully saturated rings. The smallest absolute Gasteiger partial charge is 0.309 e. The topological polar surface area (TPSA) is 38.7 Å². The van der Waals surface area contributed by atoms with Gasteiger partial charge in [-0.3, -0.25) is 4.79 Å². The molecule has 0 aliphatic heterocycles. The summed E-state index contributed by atoms with van der Waals surface area (Å²) in [7, 11) is 0. The number of carbonyl (C=O) groups is 1. The zero-order chi connectivity index (χ0) is 13.2. The third-order valence-corrected chi connectivity index (χ3v) is 2.52. The molecule has 3 heteroatoms. The Bertz CT molecular complexity index is 385. The zero-order valence-corrected chi connectivity index (χ0v) is 11.2. The third kappa shape index (κ3) is 6.18. The minimum absolute atomic E-state index is 0.305. The normalized spacial score (nSPS) is 11.3. The van der Waals surface area contributed by atoms with Gasteiger partial charge in [0.15, 0.2) is 5.90 Å². The minimum atomic E-state index is -0.305. The second-order valence-corrected chi connectivity index (χ2v) is 4.25. The van der Waals surface area contributed by atoms with Crippen molar-refractivity contribution in [3.05, 3.63) is 30.3 Å². The molecule has 0 unspecified atom stereocenters. The Kier molecular flexibility index (Phi) is 6.77. The van der Waals surface area contributed by atoms with Crippen LogP contribution < -0.4 is 0 Å². The number of aliphatic imine (C=N–C) groups is 1. The molecule has 0 N–H and O–H groups in total. The van der Waals surface area contributed by atoms with Gasteiger partial charge >= 0.3 is 5.97 Å². The first kappa shape index (κ1) is 14.4. The van der Waals surface area contributed by atoms with Crippen LogP contribution in [0.4, 0.5) is 5.69 Å². The van der Waals surface area contributed by atoms with Gasteiger partial charge in [0, 0.05) is 13.3 Å². The van der Waals surface area contributed by atoms with Crippen molar-refractivity contribution >= 4 is 17.6 Å². The summed E-state index contributed by atoms with van der Waals surface area (Å²) in [6, 6.07) is 9.57. The predicted octanol–water partition coefficient (Wildman–Crippen LogP) is 4.25. The maximum atomic E-state index is 11.0. The molecule has 1 aromatic rings. The summed E-state index contributed by atoms with van der Waals surface area (Å²) < 4.78 is 5.15. The molecule has 0 atom stereocenters. The van der Waals surface area contributed by atoms with Gasteiger partial charge in [-0.25, -0.2) is 4.99 Å². The van der Waals surface area contributed by atoms with Crippen molar-refractivity contribution in [1.29, 1.82) is 0 Å². The number of esters is 1. The predicted molar refractivity (Wildman–Crippen MR) is 74.1 cm³/mol. The third-order valence-electron chi connectivity index (χ3n) is 2.52. The molecule has 0 spiro atoms. The quantitative estimate of drug-likeness (QED) is 0.326. The van der Waals surface area contributed by atoms with Crippen molar-refractivity contribution in [2.24, 2.45) is 4.99 Å². The van der Waals surface area contributed by atoms with Crippen molar-refractivity contribution in [2.75, 3.05) is 0 Å². The summed E-state index contributed by atoms with van der Waals surface area (Å²) in [5.74, 6) is 0.213. The fraction of sp³-hybridized carbons (Fsp3) is 0.467. The van der Waals surface area contributed by atoms with Crippen molar-refractivity contribution < 1.29 is 9.53 Å². The molecule has 1 rings (SSSR count). The first-order chi connectivity index (χ1) is 8.72. The lowest BCUT2D eigenvalue weighted by Crippen LogP contribution is -2.09. The van der Waals surface area contributed by atoms with Gasteiger partial charge in [-0.2, -0.15) is 0 Å². The number of rotatable bonds is 6. The number of ether oxygens (including phenoxy) is 1. The van der Waals surface area contributed by atoms with Gasteiger partial charge in [0.2, 0.25) is 0 Å². The summed E-state index contributed by atoms with van der Waals surface area (Å²) in [6.45, 7) is 3.58. The maximum Gasteiger partial charge on any atom is 0.309 e. The second kappa shape index (κ2) is 8.45. The van der Waals surface area contributed by atoms with Crippen molar-refractivity contribution in [3.8, 4) is 0 Å². The van der Waals surface area contributed by atoms with Crippen LogP contribution in [-0.4, -0.2) is 11.9 Å². The molecule has 0 aliphatic carbocycles. The van der Waals surface area contributed by atoms with Crippen LogP contribution in [0.2, 0.25) is 0 Å². The molecule has 0 aliphatic rings. The highest BCUT2D eigenvalue weighted by atomic mass is 16.5. The molecule has 0 saturated carbocycles. The standard InChI is InChI=1S/C15H21NO2/c1-3-4-5-9-12-15(18-13(2)17)16-14-10-7-6-8-11-14/h6-8,10-11H,3-5,9,12H2,1-2H3. The monoisotopic (exact) mass is 247 g/mol. The van der Waals surface area contributed by atoms with Crippen LogP contribution in [0.1, 0.15) is 46.0 Å². The van der Waals surface area contributed by atoms with E-state index in [0.717, 1.165) is 18.5 Å². The molecule has 0 bridgehead atoms. The van der Waals surface area contributed by atoms with Crippen molar-refractivity contribution in [2.45, 2.75) is 46.0 Å². The number of benzene rings is 1. The molecular weight excluding hydrogens is 226 g/mol. The maximum absolute atomic E-state index is 11.0. The van der Waals surface area contributed by atoms with Crippen LogP contribution in [-0.2, 0) is 9.53 Å². The fourth-order valence-corrected chi connectivity index (χ4v) is 1.65. The van der Waals surface area contributed by atoms with Gasteiger partial charge in [0.1, 0.15) is 0 Å². The number of hydrogen-bond donors (Lipinski definition) is 0. The van der Waals surface area contributed by atoms with E-state index in [1.165, 1.54) is 19.8 Å². The Labute approximate surface area is 109 Å². The molecule has 0 saturated heterocycles. The van der Waals surface area contributed by atoms with E-state index in [2.05, 4.69) is 11.9 Å². The highest BCUT2D eigenvalue weighted by Gasteiger charge is 2.04. The van der Waals surface area contributed by atoms with E-state index in [-0.39, 0.29) is 5.97 Å². The van der Waals surface area contributed by atoms with Gasteiger partial charge in [-0.15, -0.1) is 0 Å². The average Bonchev–Trinajstić information content (AvgIpc) is 2.35. The molecular formula is C15H21NO2. The molecule has 3 nitrogen and oxygen atoms in total. The largest absolute Gasteiger partial charge is 0.412 e. The summed E-state index contributed by atoms with van der Waals surface area (Å²) in [5.41, 5.74) is 0.823. The summed E-state index contributed by atoms with van der Waals surface area (Å²) in [5, 5.41) is 0. The van der Waals surface area contributed by atoms with Gasteiger partial charge in [0.25, 0.3) is 0 Å². The summed E-state index contributed by atoms with van der Waals surface area (Å²) in [6.07, 6.45) is 5.27. The first-order valence-electron chi connectivity index (χ1n) is 6.53. The van der Waals surface area contributed by atoms with E-state index in [4.69, 9.17) is 4.74 Å². The van der Waals surface area contributed by atoms with Crippen LogP contribution in [0.5, 0.6) is 0 Å². The van der Waals surface area contributed by atoms with Gasteiger partial charge in [-0.05, 0) is 18.6 Å². The zero-order valence-electron chi connectivity index (χ0n) is 11.2. The lowest BCUT2D eigenvalue weighted by Gasteiger charge is -2.06. The molecule has 18 heavy (non-hydrogen) atoms. The van der Waals surface area contributed by atoms with Crippen LogP contribution in [0.25, 0.3) is 0 Å². The summed E-state index contributed by atoms with van der Waals surface area (Å²) >= 11 is 0. The Morgan fingerprint density at radius 3 is 2.50 bits per heavy atom. The van der Waals surface area contributed by atoms with Gasteiger partial charge in [-0.1, -0.05) is 44.4 Å². The van der Waals surface area contributed by atoms with E-state index < -0.39 is 0 Å². The first-order valence-corrected chi connectivity index (χ1v) is 6.53. The van der Waals surface area contributed by atoms with E-state index in [1.54, 1.807) is 0 Å². The Morgan fingerprint density at radius 1 is 1.17 bits per heavy atom. The average molecular weight is 247 g/mol. The van der Waals surface area contributed by atoms with Crippen LogP contribution in [0.15, 0.2) is 35.3 Å². The number of para-hydroxylation sites is 1. The Morgan fingerprint density at radius 2 is 1.89 bits per heavy atom. The van der Waals surface area contributed by atoms with Crippen LogP contribution >= 0.6 is 0 Å². The molecule has 0 radical (unpaired) electrons. The minimum Gasteiger partial charge on any atom is -0.412 e. The Hall–Kier alpha value is -1.64. The molecule has 0 amide bonds. The molecule has 0 heterocycles. The number of hydrogen-bond acceptors (Lipinski definition) is 3. The lowest BCUT2D eigenvalue weighted by molar-refractivity contribution is -0.133. The van der Waals surface area contributed by atoms with Crippen LogP contribution in [0.3, 0.4) is 0 Å². The number of nitrogens with zero attached hydrogens (tertiary/aromatic N) is 1. The highest BCUT2D eigenvalue weighted by molar-refractivity contribution is 5.89. The van der Waals surface area contributed by atoms with E-state index in [0.29, 0.717) is 12.3 Å². The van der Waals surface area contributed by atoms with Crippen molar-refractivity contribution in [3.63, 3.8) is 0 Å². The highest BCUT2D eigenvalue weighted by Crippen LogP contribution is 2.13. The molecule has 98 valence electrons. The van der Waals surface area contributed by atoms with Gasteiger partial charge < -0.3 is 4.74 Å². The molecule has 1 aromatic carbocycles. The number of carbonyl (C=O) groups excluding carboxylic acids is 1. The van der Waals surface area contributed by atoms with E-state index in [9.17, 15) is 4.79 Å². The SMILES string of the molecule is CCCCCCC(=Nc1ccccc1)OC(C)=O. The number of unbranched alkanes of at least 4 members (excludes halogenated alkanes) is 3. The fourth-order valence-electron chi connectivity index (χ4n) is 1.65. The molecule has 0 aromatic heterocycles. The van der Waals surface area contributed by atoms with E-state index >= 15 is 0 Å².